The highest BCUT2D eigenvalue weighted by Gasteiger charge is 2.11. The fourth-order valence-corrected chi connectivity index (χ4v) is 2.72. The zero-order valence-electron chi connectivity index (χ0n) is 7.99. The van der Waals surface area contributed by atoms with E-state index in [1.54, 1.807) is 13.8 Å². The van der Waals surface area contributed by atoms with Crippen LogP contribution in [0.4, 0.5) is 0 Å². The molecule has 0 aromatic rings. The molecule has 0 radical (unpaired) electrons. The van der Waals surface area contributed by atoms with Gasteiger partial charge in [0, 0.05) is 11.5 Å². The largest absolute Gasteiger partial charge is 0.229 e. The predicted molar refractivity (Wildman–Crippen MR) is 53.3 cm³/mol. The zero-order chi connectivity index (χ0) is 10.5. The maximum Gasteiger partial charge on any atom is 0.150 e. The Kier molecular flexibility index (Phi) is 4.91. The minimum absolute atomic E-state index is 0.0251. The quantitative estimate of drug-likeness (QED) is 0.653. The summed E-state index contributed by atoms with van der Waals surface area (Å²) in [5.74, 6) is 0.115. The summed E-state index contributed by atoms with van der Waals surface area (Å²) in [5, 5.41) is 0. The van der Waals surface area contributed by atoms with Crippen molar-refractivity contribution >= 4 is 19.7 Å². The van der Waals surface area contributed by atoms with Gasteiger partial charge in [0.15, 0.2) is 0 Å². The van der Waals surface area contributed by atoms with Gasteiger partial charge in [-0.3, -0.25) is 0 Å². The third-order valence-corrected chi connectivity index (χ3v) is 5.37. The standard InChI is InChI=1S/C7H16O4S2/c1-3-12(8,9)6-5-7-13(10,11)4-2/h3-7H2,1-2H3. The van der Waals surface area contributed by atoms with Gasteiger partial charge in [-0.2, -0.15) is 0 Å². The van der Waals surface area contributed by atoms with E-state index in [1.165, 1.54) is 0 Å². The summed E-state index contributed by atoms with van der Waals surface area (Å²) in [7, 11) is -6.03. The molecule has 0 rings (SSSR count). The van der Waals surface area contributed by atoms with Crippen LogP contribution in [0, 0.1) is 0 Å². The lowest BCUT2D eigenvalue weighted by Gasteiger charge is -2.01. The molecule has 0 heterocycles. The molecule has 0 N–H and O–H groups in total. The lowest BCUT2D eigenvalue weighted by molar-refractivity contribution is 0.591. The summed E-state index contributed by atoms with van der Waals surface area (Å²) < 4.78 is 43.9. The second-order valence-corrected chi connectivity index (χ2v) is 7.77. The maximum atomic E-state index is 11.0. The monoisotopic (exact) mass is 228 g/mol. The summed E-state index contributed by atoms with van der Waals surface area (Å²) in [4.78, 5) is 0. The van der Waals surface area contributed by atoms with Crippen molar-refractivity contribution in [3.63, 3.8) is 0 Å². The van der Waals surface area contributed by atoms with E-state index in [0.717, 1.165) is 0 Å². The van der Waals surface area contributed by atoms with Crippen molar-refractivity contribution in [3.05, 3.63) is 0 Å². The zero-order valence-corrected chi connectivity index (χ0v) is 9.62. The SMILES string of the molecule is CCS(=O)(=O)CCCS(=O)(=O)CC. The first-order valence-corrected chi connectivity index (χ1v) is 7.88. The van der Waals surface area contributed by atoms with Gasteiger partial charge in [-0.15, -0.1) is 0 Å². The molecule has 0 aliphatic rings. The molecular weight excluding hydrogens is 212 g/mol. The highest BCUT2D eigenvalue weighted by atomic mass is 32.2. The van der Waals surface area contributed by atoms with Gasteiger partial charge in [0.2, 0.25) is 0 Å². The average Bonchev–Trinajstić information content (AvgIpc) is 2.04. The molecule has 0 aliphatic heterocycles. The average molecular weight is 228 g/mol. The second kappa shape index (κ2) is 4.95. The predicted octanol–water partition coefficient (Wildman–Crippen LogP) is 0.246. The van der Waals surface area contributed by atoms with Crippen molar-refractivity contribution in [2.75, 3.05) is 23.0 Å². The van der Waals surface area contributed by atoms with E-state index in [0.29, 0.717) is 0 Å². The topological polar surface area (TPSA) is 68.3 Å². The summed E-state index contributed by atoms with van der Waals surface area (Å²) in [6, 6.07) is 0. The minimum atomic E-state index is -3.01. The fraction of sp³-hybridized carbons (Fsp3) is 1.00. The van der Waals surface area contributed by atoms with Crippen molar-refractivity contribution in [1.29, 1.82) is 0 Å². The molecule has 0 fully saturated rings. The molecule has 13 heavy (non-hydrogen) atoms. The third kappa shape index (κ3) is 6.04. The van der Waals surface area contributed by atoms with Crippen molar-refractivity contribution in [2.24, 2.45) is 0 Å². The fourth-order valence-electron chi connectivity index (χ4n) is 0.787. The van der Waals surface area contributed by atoms with E-state index < -0.39 is 19.7 Å². The second-order valence-electron chi connectivity index (χ2n) is 2.83. The van der Waals surface area contributed by atoms with Gasteiger partial charge in [0.1, 0.15) is 19.7 Å². The highest BCUT2D eigenvalue weighted by molar-refractivity contribution is 7.92. The molecule has 0 atom stereocenters. The van der Waals surface area contributed by atoms with Crippen LogP contribution in [-0.4, -0.2) is 39.8 Å². The molecule has 4 nitrogen and oxygen atoms in total. The van der Waals surface area contributed by atoms with Crippen LogP contribution in [0.3, 0.4) is 0 Å². The lowest BCUT2D eigenvalue weighted by atomic mass is 10.6. The van der Waals surface area contributed by atoms with Crippen LogP contribution < -0.4 is 0 Å². The molecule has 0 aromatic carbocycles. The Morgan fingerprint density at radius 3 is 1.31 bits per heavy atom. The molecule has 0 unspecified atom stereocenters. The lowest BCUT2D eigenvalue weighted by Crippen LogP contribution is -2.15. The molecule has 0 aliphatic carbocycles. The van der Waals surface area contributed by atoms with Crippen molar-refractivity contribution in [1.82, 2.24) is 0 Å². The van der Waals surface area contributed by atoms with E-state index in [9.17, 15) is 16.8 Å². The molecule has 6 heteroatoms. The third-order valence-electron chi connectivity index (χ3n) is 1.79. The smallest absolute Gasteiger partial charge is 0.150 e. The Balaban J connectivity index is 3.96. The Labute approximate surface area is 80.2 Å². The summed E-state index contributed by atoms with van der Waals surface area (Å²) >= 11 is 0. The van der Waals surface area contributed by atoms with Crippen LogP contribution in [0.15, 0.2) is 0 Å². The van der Waals surface area contributed by atoms with Crippen LogP contribution in [-0.2, 0) is 19.7 Å². The van der Waals surface area contributed by atoms with Crippen molar-refractivity contribution in [3.8, 4) is 0 Å². The molecule has 0 saturated carbocycles. The van der Waals surface area contributed by atoms with E-state index in [-0.39, 0.29) is 29.4 Å². The Bertz CT molecular complexity index is 292. The molecule has 0 saturated heterocycles. The van der Waals surface area contributed by atoms with Gasteiger partial charge < -0.3 is 0 Å². The first-order valence-electron chi connectivity index (χ1n) is 4.24. The molecule has 80 valence electrons. The van der Waals surface area contributed by atoms with Gasteiger partial charge in [-0.25, -0.2) is 16.8 Å². The maximum absolute atomic E-state index is 11.0. The highest BCUT2D eigenvalue weighted by Crippen LogP contribution is 1.98. The molecule has 0 amide bonds. The molecular formula is C7H16O4S2. The van der Waals surface area contributed by atoms with Crippen LogP contribution in [0.5, 0.6) is 0 Å². The Morgan fingerprint density at radius 2 is 1.08 bits per heavy atom. The van der Waals surface area contributed by atoms with Crippen LogP contribution in [0.1, 0.15) is 20.3 Å². The van der Waals surface area contributed by atoms with Gasteiger partial charge in [-0.1, -0.05) is 13.8 Å². The summed E-state index contributed by atoms with van der Waals surface area (Å²) in [6.07, 6.45) is 0.215. The first-order chi connectivity index (χ1) is 5.83. The van der Waals surface area contributed by atoms with Gasteiger partial charge >= 0.3 is 0 Å². The van der Waals surface area contributed by atoms with E-state index >= 15 is 0 Å². The number of hydrogen-bond acceptors (Lipinski definition) is 4. The van der Waals surface area contributed by atoms with E-state index in [1.807, 2.05) is 0 Å². The van der Waals surface area contributed by atoms with Gasteiger partial charge in [0.25, 0.3) is 0 Å². The van der Waals surface area contributed by atoms with E-state index in [4.69, 9.17) is 0 Å². The summed E-state index contributed by atoms with van der Waals surface area (Å²) in [5.41, 5.74) is 0. The Morgan fingerprint density at radius 1 is 0.769 bits per heavy atom. The normalized spacial score (nSPS) is 13.1. The number of sulfone groups is 2. The molecule has 0 bridgehead atoms. The molecule has 0 aromatic heterocycles. The number of rotatable bonds is 6. The van der Waals surface area contributed by atoms with Crippen LogP contribution >= 0.6 is 0 Å². The van der Waals surface area contributed by atoms with Gasteiger partial charge in [-0.05, 0) is 6.42 Å². The van der Waals surface area contributed by atoms with Crippen molar-refractivity contribution < 1.29 is 16.8 Å². The van der Waals surface area contributed by atoms with E-state index in [2.05, 4.69) is 0 Å². The van der Waals surface area contributed by atoms with Crippen LogP contribution in [0.25, 0.3) is 0 Å². The van der Waals surface area contributed by atoms with Crippen LogP contribution in [0.2, 0.25) is 0 Å². The van der Waals surface area contributed by atoms with Gasteiger partial charge in [0.05, 0.1) is 11.5 Å². The minimum Gasteiger partial charge on any atom is -0.229 e. The van der Waals surface area contributed by atoms with Crippen molar-refractivity contribution in [2.45, 2.75) is 20.3 Å². The molecule has 0 spiro atoms. The first kappa shape index (κ1) is 12.9. The number of hydrogen-bond donors (Lipinski definition) is 0. The summed E-state index contributed by atoms with van der Waals surface area (Å²) in [6.45, 7) is 3.12. The Hall–Kier alpha value is -0.100.